The number of hydrogen-bond donors (Lipinski definition) is 2. The van der Waals surface area contributed by atoms with E-state index < -0.39 is 11.8 Å². The van der Waals surface area contributed by atoms with Gasteiger partial charge in [0.05, 0.1) is 23.3 Å². The number of benzene rings is 3. The second-order valence-corrected chi connectivity index (χ2v) is 6.71. The van der Waals surface area contributed by atoms with Gasteiger partial charge >= 0.3 is 0 Å². The third-order valence-corrected chi connectivity index (χ3v) is 4.37. The van der Waals surface area contributed by atoms with Gasteiger partial charge in [-0.1, -0.05) is 66.2 Å². The first-order valence-electron chi connectivity index (χ1n) is 9.23. The predicted molar refractivity (Wildman–Crippen MR) is 117 cm³/mol. The van der Waals surface area contributed by atoms with Crippen LogP contribution >= 0.6 is 11.6 Å². The summed E-state index contributed by atoms with van der Waals surface area (Å²) < 4.78 is 5.77. The van der Waals surface area contributed by atoms with Crippen LogP contribution in [0.1, 0.15) is 21.5 Å². The Morgan fingerprint density at radius 3 is 2.53 bits per heavy atom. The first-order chi connectivity index (χ1) is 14.6. The van der Waals surface area contributed by atoms with Crippen molar-refractivity contribution in [2.45, 2.75) is 6.61 Å². The highest BCUT2D eigenvalue weighted by atomic mass is 35.5. The van der Waals surface area contributed by atoms with Crippen molar-refractivity contribution in [3.05, 3.63) is 101 Å². The fourth-order valence-electron chi connectivity index (χ4n) is 2.55. The van der Waals surface area contributed by atoms with Crippen LogP contribution in [0.15, 0.2) is 84.0 Å². The summed E-state index contributed by atoms with van der Waals surface area (Å²) in [6, 6.07) is 23.8. The van der Waals surface area contributed by atoms with Crippen molar-refractivity contribution in [3.8, 4) is 5.75 Å². The van der Waals surface area contributed by atoms with Crippen molar-refractivity contribution in [3.63, 3.8) is 0 Å². The minimum absolute atomic E-state index is 0.221. The van der Waals surface area contributed by atoms with E-state index in [2.05, 4.69) is 15.8 Å². The lowest BCUT2D eigenvalue weighted by atomic mass is 10.2. The van der Waals surface area contributed by atoms with E-state index in [0.29, 0.717) is 22.9 Å². The van der Waals surface area contributed by atoms with E-state index in [4.69, 9.17) is 16.3 Å². The first kappa shape index (κ1) is 21.1. The Morgan fingerprint density at radius 1 is 0.967 bits per heavy atom. The van der Waals surface area contributed by atoms with Crippen LogP contribution in [0.3, 0.4) is 0 Å². The lowest BCUT2D eigenvalue weighted by Crippen LogP contribution is -2.35. The Balaban J connectivity index is 1.46. The molecule has 0 aromatic heterocycles. The molecule has 0 spiro atoms. The monoisotopic (exact) mass is 421 g/mol. The Kier molecular flexibility index (Phi) is 7.58. The van der Waals surface area contributed by atoms with Crippen LogP contribution in [0.4, 0.5) is 0 Å². The van der Waals surface area contributed by atoms with Gasteiger partial charge in [0.15, 0.2) is 0 Å². The molecular formula is C23H20ClN3O3. The molecule has 0 aliphatic carbocycles. The maximum Gasteiger partial charge on any atom is 0.259 e. The molecule has 0 heterocycles. The summed E-state index contributed by atoms with van der Waals surface area (Å²) in [5.74, 6) is -0.188. The summed E-state index contributed by atoms with van der Waals surface area (Å²) in [5, 5.41) is 6.73. The van der Waals surface area contributed by atoms with E-state index in [1.165, 1.54) is 6.21 Å². The Hall–Kier alpha value is -3.64. The van der Waals surface area contributed by atoms with Crippen molar-refractivity contribution < 1.29 is 14.3 Å². The molecule has 0 saturated carbocycles. The van der Waals surface area contributed by atoms with Gasteiger partial charge in [-0.25, -0.2) is 5.43 Å². The topological polar surface area (TPSA) is 79.8 Å². The molecule has 30 heavy (non-hydrogen) atoms. The van der Waals surface area contributed by atoms with Crippen LogP contribution in [-0.2, 0) is 11.4 Å². The van der Waals surface area contributed by atoms with Gasteiger partial charge in [0.2, 0.25) is 0 Å². The average molecular weight is 422 g/mol. The van der Waals surface area contributed by atoms with Gasteiger partial charge in [0.1, 0.15) is 12.4 Å². The molecule has 0 aliphatic heterocycles. The predicted octanol–water partition coefficient (Wildman–Crippen LogP) is 3.80. The molecule has 0 bridgehead atoms. The summed E-state index contributed by atoms with van der Waals surface area (Å²) in [4.78, 5) is 23.9. The van der Waals surface area contributed by atoms with Gasteiger partial charge in [0, 0.05) is 0 Å². The number of ether oxygens (including phenoxy) is 1. The van der Waals surface area contributed by atoms with Gasteiger partial charge in [-0.3, -0.25) is 9.59 Å². The third-order valence-electron chi connectivity index (χ3n) is 4.04. The molecule has 2 amide bonds. The second-order valence-electron chi connectivity index (χ2n) is 6.30. The van der Waals surface area contributed by atoms with Crippen LogP contribution < -0.4 is 15.5 Å². The number of nitrogens with one attached hydrogen (secondary N) is 2. The molecule has 0 aliphatic rings. The highest BCUT2D eigenvalue weighted by Gasteiger charge is 2.10. The molecular weight excluding hydrogens is 402 g/mol. The molecule has 7 heteroatoms. The summed E-state index contributed by atoms with van der Waals surface area (Å²) in [5.41, 5.74) is 4.52. The Bertz CT molecular complexity index is 1040. The SMILES string of the molecule is O=C(CNC(=O)c1ccccc1Cl)N/N=C\c1cccc(OCc2ccccc2)c1. The van der Waals surface area contributed by atoms with Crippen molar-refractivity contribution in [1.82, 2.24) is 10.7 Å². The summed E-state index contributed by atoms with van der Waals surface area (Å²) in [6.45, 7) is 0.241. The fourth-order valence-corrected chi connectivity index (χ4v) is 2.77. The number of carbonyl (C=O) groups is 2. The lowest BCUT2D eigenvalue weighted by molar-refractivity contribution is -0.120. The standard InChI is InChI=1S/C23H20ClN3O3/c24-21-12-5-4-11-20(21)23(29)25-15-22(28)27-26-14-18-9-6-10-19(13-18)30-16-17-7-2-1-3-8-17/h1-14H,15-16H2,(H,25,29)(H,27,28)/b26-14-. The molecule has 6 nitrogen and oxygen atoms in total. The molecule has 3 rings (SSSR count). The van der Waals surface area contributed by atoms with E-state index >= 15 is 0 Å². The molecule has 2 N–H and O–H groups in total. The molecule has 0 saturated heterocycles. The van der Waals surface area contributed by atoms with Crippen LogP contribution in [0.25, 0.3) is 0 Å². The maximum absolute atomic E-state index is 12.0. The fraction of sp³-hybridized carbons (Fsp3) is 0.0870. The number of nitrogens with zero attached hydrogens (tertiary/aromatic N) is 1. The maximum atomic E-state index is 12.0. The zero-order valence-corrected chi connectivity index (χ0v) is 16.8. The highest BCUT2D eigenvalue weighted by molar-refractivity contribution is 6.33. The second kappa shape index (κ2) is 10.8. The number of hydrazone groups is 1. The third kappa shape index (κ3) is 6.46. The first-order valence-corrected chi connectivity index (χ1v) is 9.61. The van der Waals surface area contributed by atoms with Crippen LogP contribution in [-0.4, -0.2) is 24.6 Å². The molecule has 0 atom stereocenters. The van der Waals surface area contributed by atoms with E-state index in [-0.39, 0.29) is 6.54 Å². The van der Waals surface area contributed by atoms with Crippen molar-refractivity contribution in [1.29, 1.82) is 0 Å². The minimum Gasteiger partial charge on any atom is -0.489 e. The van der Waals surface area contributed by atoms with E-state index in [9.17, 15) is 9.59 Å². The van der Waals surface area contributed by atoms with Gasteiger partial charge in [0.25, 0.3) is 11.8 Å². The molecule has 0 unspecified atom stereocenters. The summed E-state index contributed by atoms with van der Waals surface area (Å²) in [7, 11) is 0. The van der Waals surface area contributed by atoms with Gasteiger partial charge in [-0.15, -0.1) is 0 Å². The van der Waals surface area contributed by atoms with Crippen LogP contribution in [0, 0.1) is 0 Å². The lowest BCUT2D eigenvalue weighted by Gasteiger charge is -2.07. The number of hydrogen-bond acceptors (Lipinski definition) is 4. The van der Waals surface area contributed by atoms with Crippen molar-refractivity contribution in [2.24, 2.45) is 5.10 Å². The van der Waals surface area contributed by atoms with Crippen LogP contribution in [0.5, 0.6) is 5.75 Å². The zero-order valence-electron chi connectivity index (χ0n) is 16.0. The van der Waals surface area contributed by atoms with Gasteiger partial charge in [-0.2, -0.15) is 5.10 Å². The number of carbonyl (C=O) groups excluding carboxylic acids is 2. The highest BCUT2D eigenvalue weighted by Crippen LogP contribution is 2.15. The quantitative estimate of drug-likeness (QED) is 0.429. The van der Waals surface area contributed by atoms with E-state index in [1.807, 2.05) is 54.6 Å². The Labute approximate surface area is 179 Å². The Morgan fingerprint density at radius 2 is 1.73 bits per heavy atom. The number of halogens is 1. The molecule has 3 aromatic rings. The van der Waals surface area contributed by atoms with E-state index in [0.717, 1.165) is 11.1 Å². The van der Waals surface area contributed by atoms with Crippen LogP contribution in [0.2, 0.25) is 5.02 Å². The normalized spacial score (nSPS) is 10.6. The summed E-state index contributed by atoms with van der Waals surface area (Å²) >= 11 is 5.96. The van der Waals surface area contributed by atoms with Crippen molar-refractivity contribution >= 4 is 29.6 Å². The number of rotatable bonds is 8. The minimum atomic E-state index is -0.455. The molecule has 0 radical (unpaired) electrons. The molecule has 0 fully saturated rings. The number of amides is 2. The van der Waals surface area contributed by atoms with Gasteiger partial charge in [-0.05, 0) is 35.4 Å². The summed E-state index contributed by atoms with van der Waals surface area (Å²) in [6.07, 6.45) is 1.50. The largest absolute Gasteiger partial charge is 0.489 e. The van der Waals surface area contributed by atoms with E-state index in [1.54, 1.807) is 24.3 Å². The average Bonchev–Trinajstić information content (AvgIpc) is 2.77. The molecule has 3 aromatic carbocycles. The van der Waals surface area contributed by atoms with Gasteiger partial charge < -0.3 is 10.1 Å². The van der Waals surface area contributed by atoms with Crippen molar-refractivity contribution in [2.75, 3.05) is 6.54 Å². The smallest absolute Gasteiger partial charge is 0.259 e. The zero-order chi connectivity index (χ0) is 21.2. The molecule has 152 valence electrons.